The predicted octanol–water partition coefficient (Wildman–Crippen LogP) is 0.989. The number of rotatable bonds is 7. The van der Waals surface area contributed by atoms with Crippen molar-refractivity contribution >= 4 is 11.9 Å². The lowest BCUT2D eigenvalue weighted by Gasteiger charge is -2.27. The SMILES string of the molecule is CCCCNC(=O)c1cnc(N2CCOCC2)nc1COC. The first-order valence-electron chi connectivity index (χ1n) is 7.72. The molecule has 1 aliphatic heterocycles. The lowest BCUT2D eigenvalue weighted by atomic mass is 10.2. The maximum Gasteiger partial charge on any atom is 0.254 e. The van der Waals surface area contributed by atoms with Crippen molar-refractivity contribution in [3.8, 4) is 0 Å². The summed E-state index contributed by atoms with van der Waals surface area (Å²) in [6, 6.07) is 0. The Hall–Kier alpha value is -1.73. The fourth-order valence-electron chi connectivity index (χ4n) is 2.23. The third-order valence-electron chi connectivity index (χ3n) is 3.49. The molecule has 1 saturated heterocycles. The van der Waals surface area contributed by atoms with E-state index in [0.717, 1.165) is 25.9 Å². The third-order valence-corrected chi connectivity index (χ3v) is 3.49. The topological polar surface area (TPSA) is 76.6 Å². The number of hydrogen-bond acceptors (Lipinski definition) is 6. The van der Waals surface area contributed by atoms with Crippen molar-refractivity contribution in [2.75, 3.05) is 44.9 Å². The van der Waals surface area contributed by atoms with E-state index in [9.17, 15) is 4.79 Å². The van der Waals surface area contributed by atoms with Gasteiger partial charge in [0.25, 0.3) is 5.91 Å². The molecule has 0 aliphatic carbocycles. The minimum Gasteiger partial charge on any atom is -0.378 e. The molecule has 0 aromatic carbocycles. The Morgan fingerprint density at radius 3 is 2.91 bits per heavy atom. The van der Waals surface area contributed by atoms with E-state index in [2.05, 4.69) is 27.1 Å². The number of unbranched alkanes of at least 4 members (excludes halogenated alkanes) is 1. The number of anilines is 1. The van der Waals surface area contributed by atoms with E-state index < -0.39 is 0 Å². The van der Waals surface area contributed by atoms with Crippen LogP contribution < -0.4 is 10.2 Å². The van der Waals surface area contributed by atoms with Gasteiger partial charge in [-0.25, -0.2) is 9.97 Å². The molecule has 2 rings (SSSR count). The van der Waals surface area contributed by atoms with Crippen LogP contribution in [0.5, 0.6) is 0 Å². The average molecular weight is 308 g/mol. The van der Waals surface area contributed by atoms with Crippen LogP contribution in [0.1, 0.15) is 35.8 Å². The number of nitrogens with zero attached hydrogens (tertiary/aromatic N) is 3. The van der Waals surface area contributed by atoms with Gasteiger partial charge in [0.05, 0.1) is 31.1 Å². The molecule has 1 fully saturated rings. The van der Waals surface area contributed by atoms with E-state index in [4.69, 9.17) is 9.47 Å². The second-order valence-electron chi connectivity index (χ2n) is 5.17. The van der Waals surface area contributed by atoms with E-state index >= 15 is 0 Å². The van der Waals surface area contributed by atoms with Crippen molar-refractivity contribution in [1.29, 1.82) is 0 Å². The highest BCUT2D eigenvalue weighted by Crippen LogP contribution is 2.14. The molecule has 0 spiro atoms. The molecule has 0 unspecified atom stereocenters. The number of amides is 1. The summed E-state index contributed by atoms with van der Waals surface area (Å²) in [5.74, 6) is 0.481. The van der Waals surface area contributed by atoms with Crippen molar-refractivity contribution in [3.63, 3.8) is 0 Å². The fourth-order valence-corrected chi connectivity index (χ4v) is 2.23. The van der Waals surface area contributed by atoms with Crippen LogP contribution in [0.15, 0.2) is 6.20 Å². The third kappa shape index (κ3) is 4.38. The molecule has 0 saturated carbocycles. The van der Waals surface area contributed by atoms with Gasteiger partial charge in [-0.3, -0.25) is 4.79 Å². The van der Waals surface area contributed by atoms with Crippen LogP contribution in [0, 0.1) is 0 Å². The molecule has 1 amide bonds. The Balaban J connectivity index is 2.13. The monoisotopic (exact) mass is 308 g/mol. The molecular formula is C15H24N4O3. The van der Waals surface area contributed by atoms with Gasteiger partial charge in [-0.05, 0) is 6.42 Å². The fraction of sp³-hybridized carbons (Fsp3) is 0.667. The number of ether oxygens (including phenoxy) is 2. The Morgan fingerprint density at radius 1 is 1.45 bits per heavy atom. The quantitative estimate of drug-likeness (QED) is 0.757. The highest BCUT2D eigenvalue weighted by molar-refractivity contribution is 5.95. The van der Waals surface area contributed by atoms with Gasteiger partial charge >= 0.3 is 0 Å². The molecule has 0 atom stereocenters. The Morgan fingerprint density at radius 2 is 2.23 bits per heavy atom. The highest BCUT2D eigenvalue weighted by Gasteiger charge is 2.18. The first-order valence-corrected chi connectivity index (χ1v) is 7.72. The van der Waals surface area contributed by atoms with Crippen molar-refractivity contribution in [2.24, 2.45) is 0 Å². The van der Waals surface area contributed by atoms with E-state index in [1.165, 1.54) is 0 Å². The van der Waals surface area contributed by atoms with Gasteiger partial charge in [-0.15, -0.1) is 0 Å². The molecule has 7 heteroatoms. The average Bonchev–Trinajstić information content (AvgIpc) is 2.56. The predicted molar refractivity (Wildman–Crippen MR) is 83.0 cm³/mol. The molecule has 0 bridgehead atoms. The molecule has 1 aliphatic rings. The number of carbonyl (C=O) groups is 1. The molecule has 1 aromatic heterocycles. The summed E-state index contributed by atoms with van der Waals surface area (Å²) in [5, 5.41) is 2.89. The Labute approximate surface area is 131 Å². The maximum atomic E-state index is 12.2. The zero-order valence-electron chi connectivity index (χ0n) is 13.3. The lowest BCUT2D eigenvalue weighted by Crippen LogP contribution is -2.37. The van der Waals surface area contributed by atoms with Gasteiger partial charge in [-0.1, -0.05) is 13.3 Å². The van der Waals surface area contributed by atoms with Crippen LogP contribution >= 0.6 is 0 Å². The second-order valence-corrected chi connectivity index (χ2v) is 5.17. The highest BCUT2D eigenvalue weighted by atomic mass is 16.5. The number of morpholine rings is 1. The van der Waals surface area contributed by atoms with Crippen molar-refractivity contribution < 1.29 is 14.3 Å². The molecule has 22 heavy (non-hydrogen) atoms. The number of aromatic nitrogens is 2. The normalized spacial score (nSPS) is 14.9. The van der Waals surface area contributed by atoms with E-state index in [0.29, 0.717) is 37.0 Å². The summed E-state index contributed by atoms with van der Waals surface area (Å²) >= 11 is 0. The first kappa shape index (κ1) is 16.6. The minimum atomic E-state index is -0.144. The Kier molecular flexibility index (Phi) is 6.54. The molecular weight excluding hydrogens is 284 g/mol. The van der Waals surface area contributed by atoms with E-state index in [1.54, 1.807) is 13.3 Å². The smallest absolute Gasteiger partial charge is 0.254 e. The van der Waals surface area contributed by atoms with Gasteiger partial charge in [0.2, 0.25) is 5.95 Å². The summed E-state index contributed by atoms with van der Waals surface area (Å²) < 4.78 is 10.5. The molecule has 122 valence electrons. The minimum absolute atomic E-state index is 0.144. The Bertz CT molecular complexity index is 490. The molecule has 0 radical (unpaired) electrons. The summed E-state index contributed by atoms with van der Waals surface area (Å²) in [5.41, 5.74) is 1.10. The number of nitrogens with one attached hydrogen (secondary N) is 1. The van der Waals surface area contributed by atoms with Gasteiger partial charge in [0.1, 0.15) is 0 Å². The standard InChI is InChI=1S/C15H24N4O3/c1-3-4-5-16-14(20)12-10-17-15(18-13(12)11-21-2)19-6-8-22-9-7-19/h10H,3-9,11H2,1-2H3,(H,16,20). The number of methoxy groups -OCH3 is 1. The summed E-state index contributed by atoms with van der Waals surface area (Å²) in [7, 11) is 1.59. The van der Waals surface area contributed by atoms with E-state index in [1.807, 2.05) is 0 Å². The zero-order valence-corrected chi connectivity index (χ0v) is 13.3. The number of carbonyl (C=O) groups excluding carboxylic acids is 1. The van der Waals surface area contributed by atoms with E-state index in [-0.39, 0.29) is 12.5 Å². The van der Waals surface area contributed by atoms with Crippen LogP contribution in [-0.2, 0) is 16.1 Å². The van der Waals surface area contributed by atoms with Crippen LogP contribution in [0.2, 0.25) is 0 Å². The number of hydrogen-bond donors (Lipinski definition) is 1. The summed E-state index contributed by atoms with van der Waals surface area (Å²) in [4.78, 5) is 23.1. The largest absolute Gasteiger partial charge is 0.378 e. The second kappa shape index (κ2) is 8.65. The van der Waals surface area contributed by atoms with Crippen LogP contribution in [0.25, 0.3) is 0 Å². The van der Waals surface area contributed by atoms with Gasteiger partial charge in [0, 0.05) is 32.9 Å². The van der Waals surface area contributed by atoms with Gasteiger partial charge in [-0.2, -0.15) is 0 Å². The molecule has 7 nitrogen and oxygen atoms in total. The molecule has 1 aromatic rings. The zero-order chi connectivity index (χ0) is 15.8. The lowest BCUT2D eigenvalue weighted by molar-refractivity contribution is 0.0946. The summed E-state index contributed by atoms with van der Waals surface area (Å²) in [6.45, 7) is 5.89. The van der Waals surface area contributed by atoms with Crippen molar-refractivity contribution in [1.82, 2.24) is 15.3 Å². The summed E-state index contributed by atoms with van der Waals surface area (Å²) in [6.07, 6.45) is 3.59. The van der Waals surface area contributed by atoms with Gasteiger partial charge in [0.15, 0.2) is 0 Å². The molecule has 2 heterocycles. The first-order chi connectivity index (χ1) is 10.8. The van der Waals surface area contributed by atoms with Crippen molar-refractivity contribution in [3.05, 3.63) is 17.5 Å². The van der Waals surface area contributed by atoms with Crippen LogP contribution in [0.3, 0.4) is 0 Å². The van der Waals surface area contributed by atoms with Gasteiger partial charge < -0.3 is 19.7 Å². The maximum absolute atomic E-state index is 12.2. The van der Waals surface area contributed by atoms with Crippen LogP contribution in [0.4, 0.5) is 5.95 Å². The van der Waals surface area contributed by atoms with Crippen molar-refractivity contribution in [2.45, 2.75) is 26.4 Å². The molecule has 1 N–H and O–H groups in total. The van der Waals surface area contributed by atoms with Crippen LogP contribution in [-0.4, -0.2) is 55.8 Å².